The van der Waals surface area contributed by atoms with E-state index in [9.17, 15) is 4.79 Å². The van der Waals surface area contributed by atoms with Crippen LogP contribution < -0.4 is 0 Å². The number of hydrogen-bond acceptors (Lipinski definition) is 2. The lowest BCUT2D eigenvalue weighted by molar-refractivity contribution is -0.132. The molecule has 0 saturated heterocycles. The first-order valence-electron chi connectivity index (χ1n) is 4.67. The van der Waals surface area contributed by atoms with Gasteiger partial charge in [0.1, 0.15) is 0 Å². The van der Waals surface area contributed by atoms with E-state index in [0.717, 1.165) is 25.9 Å². The van der Waals surface area contributed by atoms with Crippen LogP contribution in [0.25, 0.3) is 0 Å². The highest BCUT2D eigenvalue weighted by atomic mass is 16.5. The standard InChI is InChI=1S/C10H18O3/c1-3-4-7-13-8-5-6-9(2)10(11)12/h2-8H2,1H3,(H,11,12). The third kappa shape index (κ3) is 7.53. The Morgan fingerprint density at radius 2 is 2.00 bits per heavy atom. The van der Waals surface area contributed by atoms with Gasteiger partial charge in [0.25, 0.3) is 0 Å². The van der Waals surface area contributed by atoms with Gasteiger partial charge in [-0.05, 0) is 19.3 Å². The maximum Gasteiger partial charge on any atom is 0.330 e. The van der Waals surface area contributed by atoms with Gasteiger partial charge in [-0.3, -0.25) is 0 Å². The topological polar surface area (TPSA) is 46.5 Å². The van der Waals surface area contributed by atoms with Crippen LogP contribution in [0.5, 0.6) is 0 Å². The highest BCUT2D eigenvalue weighted by Gasteiger charge is 2.02. The van der Waals surface area contributed by atoms with Crippen molar-refractivity contribution in [1.82, 2.24) is 0 Å². The van der Waals surface area contributed by atoms with Gasteiger partial charge >= 0.3 is 5.97 Å². The molecule has 0 amide bonds. The molecule has 3 heteroatoms. The van der Waals surface area contributed by atoms with E-state index in [1.54, 1.807) is 0 Å². The average Bonchev–Trinajstić information content (AvgIpc) is 2.10. The molecule has 0 aliphatic carbocycles. The van der Waals surface area contributed by atoms with Gasteiger partial charge in [0, 0.05) is 18.8 Å². The second kappa shape index (κ2) is 7.80. The van der Waals surface area contributed by atoms with Crippen LogP contribution >= 0.6 is 0 Å². The van der Waals surface area contributed by atoms with Crippen LogP contribution in [0.1, 0.15) is 32.6 Å². The van der Waals surface area contributed by atoms with Gasteiger partial charge in [-0.15, -0.1) is 0 Å². The Morgan fingerprint density at radius 1 is 1.38 bits per heavy atom. The van der Waals surface area contributed by atoms with E-state index in [0.29, 0.717) is 13.0 Å². The fourth-order valence-electron chi connectivity index (χ4n) is 0.843. The van der Waals surface area contributed by atoms with Crippen molar-refractivity contribution in [2.45, 2.75) is 32.6 Å². The molecule has 0 rings (SSSR count). The number of carboxylic acid groups (broad SMARTS) is 1. The van der Waals surface area contributed by atoms with Gasteiger partial charge in [-0.1, -0.05) is 19.9 Å². The molecule has 0 heterocycles. The van der Waals surface area contributed by atoms with E-state index in [1.165, 1.54) is 0 Å². The van der Waals surface area contributed by atoms with Crippen molar-refractivity contribution in [3.63, 3.8) is 0 Å². The summed E-state index contributed by atoms with van der Waals surface area (Å²) in [6, 6.07) is 0. The van der Waals surface area contributed by atoms with E-state index in [-0.39, 0.29) is 5.57 Å². The van der Waals surface area contributed by atoms with Gasteiger partial charge in [-0.25, -0.2) is 4.79 Å². The summed E-state index contributed by atoms with van der Waals surface area (Å²) in [5, 5.41) is 8.48. The molecule has 0 fully saturated rings. The van der Waals surface area contributed by atoms with Crippen molar-refractivity contribution >= 4 is 5.97 Å². The quantitative estimate of drug-likeness (QED) is 0.467. The number of hydrogen-bond donors (Lipinski definition) is 1. The summed E-state index contributed by atoms with van der Waals surface area (Å²) in [5.41, 5.74) is 0.263. The molecule has 0 aromatic rings. The Balaban J connectivity index is 3.16. The van der Waals surface area contributed by atoms with Gasteiger partial charge in [0.15, 0.2) is 0 Å². The van der Waals surface area contributed by atoms with Crippen LogP contribution in [0.15, 0.2) is 12.2 Å². The number of carboxylic acids is 1. The smallest absolute Gasteiger partial charge is 0.330 e. The highest BCUT2D eigenvalue weighted by molar-refractivity contribution is 5.85. The van der Waals surface area contributed by atoms with Gasteiger partial charge < -0.3 is 9.84 Å². The first kappa shape index (κ1) is 12.2. The van der Waals surface area contributed by atoms with E-state index < -0.39 is 5.97 Å². The second-order valence-electron chi connectivity index (χ2n) is 2.98. The zero-order valence-corrected chi connectivity index (χ0v) is 8.21. The maximum absolute atomic E-state index is 10.3. The highest BCUT2D eigenvalue weighted by Crippen LogP contribution is 2.02. The Hall–Kier alpha value is -0.830. The van der Waals surface area contributed by atoms with E-state index in [1.807, 2.05) is 0 Å². The lowest BCUT2D eigenvalue weighted by Gasteiger charge is -2.02. The molecule has 0 radical (unpaired) electrons. The molecular formula is C10H18O3. The van der Waals surface area contributed by atoms with E-state index >= 15 is 0 Å². The summed E-state index contributed by atoms with van der Waals surface area (Å²) >= 11 is 0. The number of aliphatic carboxylic acids is 1. The molecule has 0 aromatic carbocycles. The SMILES string of the molecule is C=C(CCCOCCCC)C(=O)O. The van der Waals surface area contributed by atoms with Crippen LogP contribution in [-0.4, -0.2) is 24.3 Å². The minimum atomic E-state index is -0.909. The monoisotopic (exact) mass is 186 g/mol. The fourth-order valence-corrected chi connectivity index (χ4v) is 0.843. The number of rotatable bonds is 8. The van der Waals surface area contributed by atoms with Crippen LogP contribution in [0, 0.1) is 0 Å². The molecule has 3 nitrogen and oxygen atoms in total. The van der Waals surface area contributed by atoms with Crippen molar-refractivity contribution in [2.24, 2.45) is 0 Å². The largest absolute Gasteiger partial charge is 0.478 e. The summed E-state index contributed by atoms with van der Waals surface area (Å²) in [7, 11) is 0. The summed E-state index contributed by atoms with van der Waals surface area (Å²) in [4.78, 5) is 10.3. The van der Waals surface area contributed by atoms with E-state index in [4.69, 9.17) is 9.84 Å². The van der Waals surface area contributed by atoms with Crippen molar-refractivity contribution in [1.29, 1.82) is 0 Å². The second-order valence-corrected chi connectivity index (χ2v) is 2.98. The molecule has 0 aromatic heterocycles. The minimum Gasteiger partial charge on any atom is -0.478 e. The van der Waals surface area contributed by atoms with Crippen molar-refractivity contribution < 1.29 is 14.6 Å². The lowest BCUT2D eigenvalue weighted by atomic mass is 10.2. The molecule has 0 bridgehead atoms. The number of ether oxygens (including phenoxy) is 1. The van der Waals surface area contributed by atoms with Crippen LogP contribution in [-0.2, 0) is 9.53 Å². The molecule has 0 unspecified atom stereocenters. The molecule has 76 valence electrons. The fraction of sp³-hybridized carbons (Fsp3) is 0.700. The number of unbranched alkanes of at least 4 members (excludes halogenated alkanes) is 1. The van der Waals surface area contributed by atoms with Crippen LogP contribution in [0.3, 0.4) is 0 Å². The Labute approximate surface area is 79.4 Å². The minimum absolute atomic E-state index is 0.263. The molecule has 0 saturated carbocycles. The van der Waals surface area contributed by atoms with Gasteiger partial charge in [-0.2, -0.15) is 0 Å². The normalized spacial score (nSPS) is 9.92. The average molecular weight is 186 g/mol. The molecule has 0 atom stereocenters. The molecule has 0 spiro atoms. The lowest BCUT2D eigenvalue weighted by Crippen LogP contribution is -2.02. The Bertz CT molecular complexity index is 164. The first-order valence-corrected chi connectivity index (χ1v) is 4.67. The zero-order chi connectivity index (χ0) is 10.1. The predicted molar refractivity (Wildman–Crippen MR) is 51.7 cm³/mol. The Morgan fingerprint density at radius 3 is 2.54 bits per heavy atom. The van der Waals surface area contributed by atoms with Crippen LogP contribution in [0.2, 0.25) is 0 Å². The van der Waals surface area contributed by atoms with Crippen molar-refractivity contribution in [2.75, 3.05) is 13.2 Å². The van der Waals surface area contributed by atoms with Crippen molar-refractivity contribution in [3.05, 3.63) is 12.2 Å². The zero-order valence-electron chi connectivity index (χ0n) is 8.21. The third-order valence-corrected chi connectivity index (χ3v) is 1.71. The molecule has 0 aliphatic heterocycles. The van der Waals surface area contributed by atoms with Crippen molar-refractivity contribution in [3.8, 4) is 0 Å². The third-order valence-electron chi connectivity index (χ3n) is 1.71. The Kier molecular flexibility index (Phi) is 7.30. The predicted octanol–water partition coefficient (Wildman–Crippen LogP) is 2.22. The molecule has 1 N–H and O–H groups in total. The molecule has 13 heavy (non-hydrogen) atoms. The summed E-state index contributed by atoms with van der Waals surface area (Å²) < 4.78 is 5.27. The summed E-state index contributed by atoms with van der Waals surface area (Å²) in [6.07, 6.45) is 3.46. The summed E-state index contributed by atoms with van der Waals surface area (Å²) in [6.45, 7) is 6.94. The van der Waals surface area contributed by atoms with Gasteiger partial charge in [0.2, 0.25) is 0 Å². The maximum atomic E-state index is 10.3. The van der Waals surface area contributed by atoms with Gasteiger partial charge in [0.05, 0.1) is 0 Å². The molecule has 0 aliphatic rings. The summed E-state index contributed by atoms with van der Waals surface area (Å²) in [5.74, 6) is -0.909. The first-order chi connectivity index (χ1) is 6.18. The van der Waals surface area contributed by atoms with E-state index in [2.05, 4.69) is 13.5 Å². The molecular weight excluding hydrogens is 168 g/mol. The van der Waals surface area contributed by atoms with Crippen LogP contribution in [0.4, 0.5) is 0 Å². The number of carbonyl (C=O) groups is 1.